The number of fused-ring (bicyclic) bond motifs is 1. The normalized spacial score (nSPS) is 17.7. The maximum atomic E-state index is 4.89. The number of aromatic nitrogens is 5. The number of H-pyrrole nitrogens is 1. The number of rotatable bonds is 4. The number of nitrogens with zero attached hydrogens (tertiary/aromatic N) is 4. The zero-order valence-electron chi connectivity index (χ0n) is 18.4. The van der Waals surface area contributed by atoms with Gasteiger partial charge in [-0.05, 0) is 45.2 Å². The molecule has 6 nitrogen and oxygen atoms in total. The Morgan fingerprint density at radius 3 is 2.39 bits per heavy atom. The Kier molecular flexibility index (Phi) is 4.46. The maximum Gasteiger partial charge on any atom is 0.161 e. The fourth-order valence-corrected chi connectivity index (χ4v) is 4.45. The Morgan fingerprint density at radius 2 is 1.68 bits per heavy atom. The molecule has 0 aliphatic carbocycles. The van der Waals surface area contributed by atoms with E-state index in [0.717, 1.165) is 29.5 Å². The second kappa shape index (κ2) is 7.08. The Labute approximate surface area is 182 Å². The molecule has 2 aromatic carbocycles. The molecule has 1 aliphatic rings. The molecule has 0 fully saturated rings. The van der Waals surface area contributed by atoms with Crippen LogP contribution in [-0.4, -0.2) is 25.0 Å². The second-order valence-electron chi connectivity index (χ2n) is 9.44. The average Bonchev–Trinajstić information content (AvgIpc) is 3.42. The summed E-state index contributed by atoms with van der Waals surface area (Å²) in [4.78, 5) is 4.89. The van der Waals surface area contributed by atoms with Gasteiger partial charge in [-0.25, -0.2) is 9.67 Å². The van der Waals surface area contributed by atoms with Gasteiger partial charge in [0.25, 0.3) is 0 Å². The summed E-state index contributed by atoms with van der Waals surface area (Å²) in [6.07, 6.45) is 2.84. The number of anilines is 1. The first-order valence-corrected chi connectivity index (χ1v) is 10.7. The summed E-state index contributed by atoms with van der Waals surface area (Å²) >= 11 is 0. The summed E-state index contributed by atoms with van der Waals surface area (Å²) in [6.45, 7) is 8.76. The van der Waals surface area contributed by atoms with E-state index in [2.05, 4.69) is 102 Å². The van der Waals surface area contributed by atoms with Crippen molar-refractivity contribution >= 4 is 5.82 Å². The van der Waals surface area contributed by atoms with Crippen molar-refractivity contribution in [2.75, 3.05) is 5.32 Å². The first-order valence-electron chi connectivity index (χ1n) is 10.7. The summed E-state index contributed by atoms with van der Waals surface area (Å²) in [5.41, 5.74) is 2.98. The van der Waals surface area contributed by atoms with E-state index in [1.54, 1.807) is 0 Å². The molecule has 3 heterocycles. The van der Waals surface area contributed by atoms with E-state index in [1.165, 1.54) is 11.1 Å². The molecule has 0 saturated carbocycles. The lowest BCUT2D eigenvalue weighted by atomic mass is 9.84. The van der Waals surface area contributed by atoms with Crippen molar-refractivity contribution in [3.8, 4) is 11.4 Å². The minimum absolute atomic E-state index is 0.120. The topological polar surface area (TPSA) is 71.4 Å². The molecule has 2 aromatic heterocycles. The van der Waals surface area contributed by atoms with Crippen LogP contribution in [0.4, 0.5) is 5.82 Å². The third kappa shape index (κ3) is 3.32. The predicted octanol–water partition coefficient (Wildman–Crippen LogP) is 5.29. The Bertz CT molecular complexity index is 1190. The zero-order chi connectivity index (χ0) is 21.6. The zero-order valence-corrected chi connectivity index (χ0v) is 18.4. The highest BCUT2D eigenvalue weighted by atomic mass is 15.4. The van der Waals surface area contributed by atoms with Crippen LogP contribution < -0.4 is 5.32 Å². The number of hydrogen-bond acceptors (Lipinski definition) is 4. The number of aromatic amines is 1. The van der Waals surface area contributed by atoms with Gasteiger partial charge in [-0.1, -0.05) is 60.7 Å². The van der Waals surface area contributed by atoms with E-state index in [-0.39, 0.29) is 17.0 Å². The Morgan fingerprint density at radius 1 is 1.00 bits per heavy atom. The molecule has 5 rings (SSSR count). The van der Waals surface area contributed by atoms with E-state index in [1.807, 2.05) is 12.3 Å². The minimum Gasteiger partial charge on any atom is -0.363 e. The van der Waals surface area contributed by atoms with Crippen LogP contribution in [0.15, 0.2) is 66.9 Å². The average molecular weight is 413 g/mol. The fourth-order valence-electron chi connectivity index (χ4n) is 4.45. The van der Waals surface area contributed by atoms with Crippen molar-refractivity contribution in [2.24, 2.45) is 0 Å². The number of benzene rings is 2. The Balaban J connectivity index is 1.52. The maximum absolute atomic E-state index is 4.89. The second-order valence-corrected chi connectivity index (χ2v) is 9.44. The summed E-state index contributed by atoms with van der Waals surface area (Å²) in [5, 5.41) is 16.2. The highest BCUT2D eigenvalue weighted by Crippen LogP contribution is 2.42. The minimum atomic E-state index is -0.303. The highest BCUT2D eigenvalue weighted by Gasteiger charge is 2.36. The Hall–Kier alpha value is -3.41. The highest BCUT2D eigenvalue weighted by molar-refractivity contribution is 5.71. The molecule has 2 N–H and O–H groups in total. The molecule has 6 heteroatoms. The molecule has 1 atom stereocenters. The number of hydrogen-bond donors (Lipinski definition) is 2. The lowest BCUT2D eigenvalue weighted by Crippen LogP contribution is -2.37. The van der Waals surface area contributed by atoms with Gasteiger partial charge in [0.05, 0.1) is 28.8 Å². The van der Waals surface area contributed by atoms with Gasteiger partial charge in [0.15, 0.2) is 11.6 Å². The standard InChI is InChI=1S/C25H28N6/c1-24(2)15-20(17-11-7-5-8-12-17)27-22-19(16-26-31(22)24)21-28-23(30-29-21)25(3,4)18-13-9-6-10-14-18/h5-14,16,20,27H,15H2,1-4H3,(H,28,29,30). The molecule has 0 amide bonds. The van der Waals surface area contributed by atoms with Gasteiger partial charge in [-0.3, -0.25) is 5.10 Å². The molecular weight excluding hydrogens is 384 g/mol. The summed E-state index contributed by atoms with van der Waals surface area (Å²) in [5.74, 6) is 2.48. The molecule has 31 heavy (non-hydrogen) atoms. The number of nitrogens with one attached hydrogen (secondary N) is 2. The van der Waals surface area contributed by atoms with Crippen molar-refractivity contribution < 1.29 is 0 Å². The summed E-state index contributed by atoms with van der Waals surface area (Å²) in [7, 11) is 0. The lowest BCUT2D eigenvalue weighted by Gasteiger charge is -2.38. The van der Waals surface area contributed by atoms with Crippen LogP contribution in [0.3, 0.4) is 0 Å². The van der Waals surface area contributed by atoms with Gasteiger partial charge in [-0.2, -0.15) is 10.2 Å². The molecule has 158 valence electrons. The van der Waals surface area contributed by atoms with Gasteiger partial charge in [-0.15, -0.1) is 0 Å². The molecule has 4 aromatic rings. The predicted molar refractivity (Wildman–Crippen MR) is 123 cm³/mol. The van der Waals surface area contributed by atoms with Crippen molar-refractivity contribution in [1.82, 2.24) is 25.0 Å². The van der Waals surface area contributed by atoms with E-state index < -0.39 is 0 Å². The lowest BCUT2D eigenvalue weighted by molar-refractivity contribution is 0.263. The SMILES string of the molecule is CC(C)(c1ccccc1)c1n[nH]c(-c2cnn3c2NC(c2ccccc2)CC3(C)C)n1. The van der Waals surface area contributed by atoms with Gasteiger partial charge in [0.1, 0.15) is 5.82 Å². The molecule has 0 bridgehead atoms. The van der Waals surface area contributed by atoms with Gasteiger partial charge in [0.2, 0.25) is 0 Å². The summed E-state index contributed by atoms with van der Waals surface area (Å²) in [6, 6.07) is 21.2. The van der Waals surface area contributed by atoms with Crippen LogP contribution in [0.5, 0.6) is 0 Å². The van der Waals surface area contributed by atoms with E-state index in [9.17, 15) is 0 Å². The molecule has 1 aliphatic heterocycles. The third-order valence-electron chi connectivity index (χ3n) is 6.35. The molecule has 1 unspecified atom stereocenters. The van der Waals surface area contributed by atoms with Crippen LogP contribution in [0.25, 0.3) is 11.4 Å². The van der Waals surface area contributed by atoms with Gasteiger partial charge in [0, 0.05) is 0 Å². The van der Waals surface area contributed by atoms with E-state index >= 15 is 0 Å². The molecule has 0 radical (unpaired) electrons. The van der Waals surface area contributed by atoms with Crippen LogP contribution in [-0.2, 0) is 11.0 Å². The van der Waals surface area contributed by atoms with E-state index in [4.69, 9.17) is 10.1 Å². The van der Waals surface area contributed by atoms with Crippen molar-refractivity contribution in [3.05, 3.63) is 83.8 Å². The molecular formula is C25H28N6. The molecule has 0 spiro atoms. The largest absolute Gasteiger partial charge is 0.363 e. The monoisotopic (exact) mass is 412 g/mol. The third-order valence-corrected chi connectivity index (χ3v) is 6.35. The van der Waals surface area contributed by atoms with Crippen LogP contribution in [0.1, 0.15) is 57.1 Å². The molecule has 0 saturated heterocycles. The van der Waals surface area contributed by atoms with Crippen molar-refractivity contribution in [3.63, 3.8) is 0 Å². The summed E-state index contributed by atoms with van der Waals surface area (Å²) < 4.78 is 2.08. The van der Waals surface area contributed by atoms with E-state index in [0.29, 0.717) is 0 Å². The van der Waals surface area contributed by atoms with Crippen molar-refractivity contribution in [1.29, 1.82) is 0 Å². The van der Waals surface area contributed by atoms with Crippen LogP contribution in [0.2, 0.25) is 0 Å². The van der Waals surface area contributed by atoms with Gasteiger partial charge >= 0.3 is 0 Å². The first-order chi connectivity index (χ1) is 14.9. The smallest absolute Gasteiger partial charge is 0.161 e. The van der Waals surface area contributed by atoms with Crippen LogP contribution in [0, 0.1) is 0 Å². The van der Waals surface area contributed by atoms with Gasteiger partial charge < -0.3 is 5.32 Å². The first kappa shape index (κ1) is 19.5. The quantitative estimate of drug-likeness (QED) is 0.478. The fraction of sp³-hybridized carbons (Fsp3) is 0.320. The van der Waals surface area contributed by atoms with Crippen molar-refractivity contribution in [2.45, 2.75) is 51.1 Å². The van der Waals surface area contributed by atoms with Crippen LogP contribution >= 0.6 is 0 Å².